The largest absolute Gasteiger partial charge is 0.376 e. The first-order valence-electron chi connectivity index (χ1n) is 6.31. The molecule has 1 aromatic heterocycles. The van der Waals surface area contributed by atoms with Crippen LogP contribution >= 0.6 is 11.3 Å². The Balaban J connectivity index is 1.68. The molecule has 1 N–H and O–H groups in total. The summed E-state index contributed by atoms with van der Waals surface area (Å²) in [6.07, 6.45) is 5.69. The van der Waals surface area contributed by atoms with Gasteiger partial charge in [0.1, 0.15) is 0 Å². The average Bonchev–Trinajstić information content (AvgIpc) is 2.88. The van der Waals surface area contributed by atoms with E-state index in [9.17, 15) is 0 Å². The number of fused-ring (bicyclic) bond motifs is 2. The molecule has 1 saturated heterocycles. The van der Waals surface area contributed by atoms with Crippen molar-refractivity contribution in [2.75, 3.05) is 13.2 Å². The van der Waals surface area contributed by atoms with Crippen molar-refractivity contribution in [1.82, 2.24) is 5.32 Å². The van der Waals surface area contributed by atoms with E-state index in [1.54, 1.807) is 4.88 Å². The van der Waals surface area contributed by atoms with Gasteiger partial charge >= 0.3 is 0 Å². The van der Waals surface area contributed by atoms with E-state index in [0.717, 1.165) is 19.1 Å². The first-order chi connectivity index (χ1) is 7.87. The van der Waals surface area contributed by atoms with Crippen LogP contribution < -0.4 is 5.32 Å². The Morgan fingerprint density at radius 3 is 3.25 bits per heavy atom. The van der Waals surface area contributed by atoms with E-state index in [4.69, 9.17) is 4.74 Å². The summed E-state index contributed by atoms with van der Waals surface area (Å²) in [6, 6.07) is 2.31. The molecule has 0 amide bonds. The summed E-state index contributed by atoms with van der Waals surface area (Å²) in [4.78, 5) is 1.58. The number of thiophene rings is 1. The van der Waals surface area contributed by atoms with Gasteiger partial charge in [-0.05, 0) is 48.6 Å². The topological polar surface area (TPSA) is 21.3 Å². The van der Waals surface area contributed by atoms with Gasteiger partial charge in [-0.15, -0.1) is 11.3 Å². The smallest absolute Gasteiger partial charge is 0.0707 e. The summed E-state index contributed by atoms with van der Waals surface area (Å²) in [5.41, 5.74) is 1.70. The number of hydrogen-bond acceptors (Lipinski definition) is 3. The summed E-state index contributed by atoms with van der Waals surface area (Å²) >= 11 is 1.92. The second-order valence-corrected chi connectivity index (χ2v) is 6.41. The molecule has 16 heavy (non-hydrogen) atoms. The summed E-state index contributed by atoms with van der Waals surface area (Å²) < 4.78 is 6.04. The van der Waals surface area contributed by atoms with Gasteiger partial charge in [0, 0.05) is 11.4 Å². The van der Waals surface area contributed by atoms with Gasteiger partial charge < -0.3 is 10.1 Å². The number of rotatable bonds is 1. The Labute approximate surface area is 100 Å². The van der Waals surface area contributed by atoms with Crippen LogP contribution in [-0.2, 0) is 16.7 Å². The third-order valence-electron chi connectivity index (χ3n) is 4.32. The molecule has 0 aromatic carbocycles. The molecule has 2 nitrogen and oxygen atoms in total. The molecule has 3 heteroatoms. The van der Waals surface area contributed by atoms with Gasteiger partial charge in [-0.2, -0.15) is 0 Å². The number of ether oxygens (including phenoxy) is 1. The minimum Gasteiger partial charge on any atom is -0.376 e. The highest BCUT2D eigenvalue weighted by atomic mass is 32.1. The van der Waals surface area contributed by atoms with Crippen molar-refractivity contribution in [3.63, 3.8) is 0 Å². The molecule has 2 unspecified atom stereocenters. The highest BCUT2D eigenvalue weighted by Gasteiger charge is 2.48. The second-order valence-electron chi connectivity index (χ2n) is 5.41. The molecular weight excluding hydrogens is 218 g/mol. The van der Waals surface area contributed by atoms with E-state index in [2.05, 4.69) is 16.8 Å². The highest BCUT2D eigenvalue weighted by Crippen LogP contribution is 2.46. The molecule has 1 aliphatic carbocycles. The Morgan fingerprint density at radius 2 is 2.38 bits per heavy atom. The summed E-state index contributed by atoms with van der Waals surface area (Å²) in [7, 11) is 0. The quantitative estimate of drug-likeness (QED) is 0.806. The Kier molecular flexibility index (Phi) is 1.99. The van der Waals surface area contributed by atoms with Gasteiger partial charge in [0.25, 0.3) is 0 Å². The maximum Gasteiger partial charge on any atom is 0.0707 e. The van der Waals surface area contributed by atoms with Crippen molar-refractivity contribution < 1.29 is 4.74 Å². The van der Waals surface area contributed by atoms with Crippen molar-refractivity contribution in [1.29, 1.82) is 0 Å². The van der Waals surface area contributed by atoms with Crippen molar-refractivity contribution in [3.8, 4) is 0 Å². The normalized spacial score (nSPS) is 37.9. The molecule has 2 aliphatic heterocycles. The van der Waals surface area contributed by atoms with Crippen LogP contribution in [0.15, 0.2) is 11.4 Å². The lowest BCUT2D eigenvalue weighted by Gasteiger charge is -2.34. The standard InChI is InChI=1S/C13H17NOS/c1-2-9(1)11-7-13(8-15-11)10-4-6-16-12(10)3-5-14-13/h4,6,9,11,14H,1-3,5,7-8H2. The SMILES string of the molecule is c1cc2c(s1)CCNC21COC(C2CC2)C1. The van der Waals surface area contributed by atoms with Crippen LogP contribution in [0.1, 0.15) is 29.7 Å². The summed E-state index contributed by atoms with van der Waals surface area (Å²) in [5, 5.41) is 5.97. The van der Waals surface area contributed by atoms with E-state index in [1.807, 2.05) is 11.3 Å². The molecule has 1 spiro atoms. The monoisotopic (exact) mass is 235 g/mol. The zero-order valence-corrected chi connectivity index (χ0v) is 10.2. The van der Waals surface area contributed by atoms with Crippen molar-refractivity contribution in [2.45, 2.75) is 37.3 Å². The van der Waals surface area contributed by atoms with Gasteiger partial charge in [0.2, 0.25) is 0 Å². The zero-order chi connectivity index (χ0) is 10.6. The van der Waals surface area contributed by atoms with Crippen LogP contribution in [0.4, 0.5) is 0 Å². The van der Waals surface area contributed by atoms with Gasteiger partial charge in [0.05, 0.1) is 18.2 Å². The molecule has 86 valence electrons. The van der Waals surface area contributed by atoms with Crippen LogP contribution in [0.5, 0.6) is 0 Å². The van der Waals surface area contributed by atoms with Crippen LogP contribution in [0, 0.1) is 5.92 Å². The zero-order valence-electron chi connectivity index (χ0n) is 9.37. The van der Waals surface area contributed by atoms with Crippen molar-refractivity contribution in [3.05, 3.63) is 21.9 Å². The first-order valence-corrected chi connectivity index (χ1v) is 7.19. The van der Waals surface area contributed by atoms with E-state index in [0.29, 0.717) is 6.10 Å². The fourth-order valence-electron chi connectivity index (χ4n) is 3.26. The Bertz CT molecular complexity index is 412. The molecule has 2 atom stereocenters. The maximum atomic E-state index is 6.04. The predicted molar refractivity (Wildman–Crippen MR) is 64.8 cm³/mol. The molecule has 0 radical (unpaired) electrons. The van der Waals surface area contributed by atoms with E-state index in [1.165, 1.54) is 31.2 Å². The third-order valence-corrected chi connectivity index (χ3v) is 5.30. The van der Waals surface area contributed by atoms with Crippen LogP contribution in [-0.4, -0.2) is 19.3 Å². The summed E-state index contributed by atoms with van der Waals surface area (Å²) in [5.74, 6) is 0.866. The lowest BCUT2D eigenvalue weighted by atomic mass is 9.84. The maximum absolute atomic E-state index is 6.04. The van der Waals surface area contributed by atoms with Gasteiger partial charge in [-0.1, -0.05) is 0 Å². The van der Waals surface area contributed by atoms with Crippen LogP contribution in [0.3, 0.4) is 0 Å². The fraction of sp³-hybridized carbons (Fsp3) is 0.692. The molecule has 0 bridgehead atoms. The lowest BCUT2D eigenvalue weighted by molar-refractivity contribution is 0.0853. The summed E-state index contributed by atoms with van der Waals surface area (Å²) in [6.45, 7) is 2.01. The minimum absolute atomic E-state index is 0.167. The lowest BCUT2D eigenvalue weighted by Crippen LogP contribution is -2.47. The van der Waals surface area contributed by atoms with Crippen LogP contribution in [0.2, 0.25) is 0 Å². The highest BCUT2D eigenvalue weighted by molar-refractivity contribution is 7.10. The van der Waals surface area contributed by atoms with Crippen LogP contribution in [0.25, 0.3) is 0 Å². The molecule has 3 aliphatic rings. The third kappa shape index (κ3) is 1.31. The van der Waals surface area contributed by atoms with Crippen molar-refractivity contribution >= 4 is 11.3 Å². The molecule has 2 fully saturated rings. The molecular formula is C13H17NOS. The fourth-order valence-corrected chi connectivity index (χ4v) is 4.24. The minimum atomic E-state index is 0.167. The van der Waals surface area contributed by atoms with Gasteiger partial charge in [-0.3, -0.25) is 0 Å². The molecule has 4 rings (SSSR count). The number of hydrogen-bond donors (Lipinski definition) is 1. The molecule has 1 saturated carbocycles. The van der Waals surface area contributed by atoms with Crippen molar-refractivity contribution in [2.24, 2.45) is 5.92 Å². The van der Waals surface area contributed by atoms with Gasteiger partial charge in [0.15, 0.2) is 0 Å². The second kappa shape index (κ2) is 3.31. The molecule has 1 aromatic rings. The number of nitrogens with one attached hydrogen (secondary N) is 1. The average molecular weight is 235 g/mol. The van der Waals surface area contributed by atoms with E-state index in [-0.39, 0.29) is 5.54 Å². The van der Waals surface area contributed by atoms with Gasteiger partial charge in [-0.25, -0.2) is 0 Å². The molecule has 3 heterocycles. The van der Waals surface area contributed by atoms with E-state index < -0.39 is 0 Å². The Morgan fingerprint density at radius 1 is 1.44 bits per heavy atom. The Hall–Kier alpha value is -0.380. The predicted octanol–water partition coefficient (Wildman–Crippen LogP) is 2.29. The van der Waals surface area contributed by atoms with E-state index >= 15 is 0 Å². The first kappa shape index (κ1) is 9.63.